The molecule has 0 heterocycles. The summed E-state index contributed by atoms with van der Waals surface area (Å²) in [6.45, 7) is 6.66. The molecule has 0 spiro atoms. The van der Waals surface area contributed by atoms with E-state index in [2.05, 4.69) is 81.5 Å². The molecule has 1 atom stereocenters. The van der Waals surface area contributed by atoms with Crippen molar-refractivity contribution in [3.8, 4) is 0 Å². The number of ether oxygens (including phenoxy) is 3. The highest BCUT2D eigenvalue weighted by Crippen LogP contribution is 2.17. The summed E-state index contributed by atoms with van der Waals surface area (Å²) in [5.41, 5.74) is 0. The van der Waals surface area contributed by atoms with E-state index in [1.165, 1.54) is 244 Å². The van der Waals surface area contributed by atoms with Gasteiger partial charge in [0.15, 0.2) is 6.10 Å². The third-order valence-corrected chi connectivity index (χ3v) is 15.2. The van der Waals surface area contributed by atoms with E-state index >= 15 is 0 Å². The molecular formula is C72H130O6. The number of allylic oxidation sites excluding steroid dienone is 10. The average molecular weight is 1090 g/mol. The highest BCUT2D eigenvalue weighted by molar-refractivity contribution is 5.71. The number of carbonyl (C=O) groups excluding carboxylic acids is 3. The summed E-state index contributed by atoms with van der Waals surface area (Å²) in [4.78, 5) is 38.4. The maximum absolute atomic E-state index is 12.9. The zero-order chi connectivity index (χ0) is 56.4. The molecule has 0 amide bonds. The van der Waals surface area contributed by atoms with Gasteiger partial charge in [-0.1, -0.05) is 293 Å². The lowest BCUT2D eigenvalue weighted by atomic mass is 10.0. The van der Waals surface area contributed by atoms with Crippen LogP contribution in [0.4, 0.5) is 0 Å². The van der Waals surface area contributed by atoms with Crippen molar-refractivity contribution in [2.24, 2.45) is 0 Å². The van der Waals surface area contributed by atoms with E-state index in [-0.39, 0.29) is 31.1 Å². The van der Waals surface area contributed by atoms with Crippen LogP contribution in [-0.4, -0.2) is 37.2 Å². The Balaban J connectivity index is 4.33. The highest BCUT2D eigenvalue weighted by Gasteiger charge is 2.19. The minimum Gasteiger partial charge on any atom is -0.462 e. The van der Waals surface area contributed by atoms with Gasteiger partial charge in [-0.15, -0.1) is 0 Å². The van der Waals surface area contributed by atoms with Gasteiger partial charge in [-0.05, 0) is 109 Å². The third-order valence-electron chi connectivity index (χ3n) is 15.2. The molecule has 0 aliphatic carbocycles. The van der Waals surface area contributed by atoms with Crippen LogP contribution in [0.2, 0.25) is 0 Å². The lowest BCUT2D eigenvalue weighted by molar-refractivity contribution is -0.167. The molecule has 0 saturated heterocycles. The first-order valence-electron chi connectivity index (χ1n) is 34.3. The average Bonchev–Trinajstić information content (AvgIpc) is 3.44. The third kappa shape index (κ3) is 63.9. The molecule has 0 aromatic rings. The molecule has 0 N–H and O–H groups in total. The van der Waals surface area contributed by atoms with Crippen molar-refractivity contribution < 1.29 is 28.6 Å². The quantitative estimate of drug-likeness (QED) is 0.0261. The molecule has 0 fully saturated rings. The molecule has 1 unspecified atom stereocenters. The van der Waals surface area contributed by atoms with Gasteiger partial charge in [0.1, 0.15) is 13.2 Å². The number of hydrogen-bond acceptors (Lipinski definition) is 6. The van der Waals surface area contributed by atoms with Crippen molar-refractivity contribution in [1.29, 1.82) is 0 Å². The lowest BCUT2D eigenvalue weighted by Crippen LogP contribution is -2.30. The second kappa shape index (κ2) is 66.6. The smallest absolute Gasteiger partial charge is 0.306 e. The van der Waals surface area contributed by atoms with Crippen molar-refractivity contribution in [1.82, 2.24) is 0 Å². The fourth-order valence-electron chi connectivity index (χ4n) is 10.0. The summed E-state index contributed by atoms with van der Waals surface area (Å²) < 4.78 is 17.0. The van der Waals surface area contributed by atoms with Crippen LogP contribution in [0.1, 0.15) is 361 Å². The Kier molecular flexibility index (Phi) is 64.2. The zero-order valence-corrected chi connectivity index (χ0v) is 52.2. The van der Waals surface area contributed by atoms with Gasteiger partial charge in [0.2, 0.25) is 0 Å². The Hall–Kier alpha value is -2.89. The van der Waals surface area contributed by atoms with Gasteiger partial charge in [0.05, 0.1) is 0 Å². The van der Waals surface area contributed by atoms with Crippen LogP contribution >= 0.6 is 0 Å². The van der Waals surface area contributed by atoms with E-state index in [1.807, 2.05) is 0 Å². The van der Waals surface area contributed by atoms with Gasteiger partial charge in [-0.3, -0.25) is 14.4 Å². The van der Waals surface area contributed by atoms with Crippen LogP contribution in [0.25, 0.3) is 0 Å². The molecule has 0 bridgehead atoms. The fourth-order valence-corrected chi connectivity index (χ4v) is 10.0. The summed E-state index contributed by atoms with van der Waals surface area (Å²) in [6, 6.07) is 0. The zero-order valence-electron chi connectivity index (χ0n) is 52.2. The van der Waals surface area contributed by atoms with Crippen molar-refractivity contribution in [3.63, 3.8) is 0 Å². The lowest BCUT2D eigenvalue weighted by Gasteiger charge is -2.18. The summed E-state index contributed by atoms with van der Waals surface area (Å²) >= 11 is 0. The number of unbranched alkanes of at least 4 members (excludes halogenated alkanes) is 42. The van der Waals surface area contributed by atoms with E-state index in [9.17, 15) is 14.4 Å². The first-order chi connectivity index (χ1) is 38.5. The van der Waals surface area contributed by atoms with E-state index in [0.29, 0.717) is 19.3 Å². The summed E-state index contributed by atoms with van der Waals surface area (Å²) in [7, 11) is 0. The molecule has 0 aliphatic heterocycles. The molecule has 0 rings (SSSR count). The van der Waals surface area contributed by atoms with Crippen molar-refractivity contribution in [2.75, 3.05) is 13.2 Å². The Labute approximate surface area is 485 Å². The monoisotopic (exact) mass is 1090 g/mol. The summed E-state index contributed by atoms with van der Waals surface area (Å²) in [6.07, 6.45) is 85.2. The molecule has 6 nitrogen and oxygen atoms in total. The number of hydrogen-bond donors (Lipinski definition) is 0. The SMILES string of the molecule is CCCCCCC/C=C\C/C=C\C/C=C\CCCCCCCCCCCCC(=O)OCC(COC(=O)CCCCCCC/C=C\CCCCCCCCC)OC(=O)CCCCCCCCCCC/C=C\CCCCCCCC. The molecule has 6 heteroatoms. The first-order valence-corrected chi connectivity index (χ1v) is 34.3. The van der Waals surface area contributed by atoms with Crippen LogP contribution in [0.3, 0.4) is 0 Å². The predicted octanol–water partition coefficient (Wildman–Crippen LogP) is 23.5. The van der Waals surface area contributed by atoms with Crippen molar-refractivity contribution in [3.05, 3.63) is 60.8 Å². The summed E-state index contributed by atoms with van der Waals surface area (Å²) in [5.74, 6) is -0.871. The summed E-state index contributed by atoms with van der Waals surface area (Å²) in [5, 5.41) is 0. The van der Waals surface area contributed by atoms with E-state index in [4.69, 9.17) is 14.2 Å². The van der Waals surface area contributed by atoms with Gasteiger partial charge < -0.3 is 14.2 Å². The molecule has 78 heavy (non-hydrogen) atoms. The van der Waals surface area contributed by atoms with Gasteiger partial charge in [0, 0.05) is 19.3 Å². The normalized spacial score (nSPS) is 12.4. The van der Waals surface area contributed by atoms with Crippen LogP contribution in [-0.2, 0) is 28.6 Å². The predicted molar refractivity (Wildman–Crippen MR) is 339 cm³/mol. The minimum absolute atomic E-state index is 0.0775. The highest BCUT2D eigenvalue weighted by atomic mass is 16.6. The maximum atomic E-state index is 12.9. The Morgan fingerprint density at radius 3 is 0.731 bits per heavy atom. The number of rotatable bonds is 63. The Morgan fingerprint density at radius 1 is 0.256 bits per heavy atom. The molecule has 454 valence electrons. The van der Waals surface area contributed by atoms with E-state index in [1.54, 1.807) is 0 Å². The van der Waals surface area contributed by atoms with Crippen LogP contribution < -0.4 is 0 Å². The van der Waals surface area contributed by atoms with Gasteiger partial charge >= 0.3 is 17.9 Å². The van der Waals surface area contributed by atoms with Crippen LogP contribution in [0, 0.1) is 0 Å². The Morgan fingerprint density at radius 2 is 0.462 bits per heavy atom. The van der Waals surface area contributed by atoms with Crippen LogP contribution in [0.15, 0.2) is 60.8 Å². The second-order valence-corrected chi connectivity index (χ2v) is 23.1. The van der Waals surface area contributed by atoms with Gasteiger partial charge in [0.25, 0.3) is 0 Å². The van der Waals surface area contributed by atoms with Crippen molar-refractivity contribution >= 4 is 17.9 Å². The Bertz CT molecular complexity index is 1390. The van der Waals surface area contributed by atoms with E-state index < -0.39 is 6.10 Å². The van der Waals surface area contributed by atoms with Gasteiger partial charge in [-0.25, -0.2) is 0 Å². The molecule has 0 radical (unpaired) electrons. The topological polar surface area (TPSA) is 78.9 Å². The fraction of sp³-hybridized carbons (Fsp3) is 0.819. The van der Waals surface area contributed by atoms with E-state index in [0.717, 1.165) is 77.0 Å². The standard InChI is InChI=1S/C72H130O6/c1-4-7-10-13-16-19-22-25-28-31-33-34-35-36-37-38-40-41-44-47-50-53-56-59-62-65-71(74)77-68-69(67-76-70(73)64-61-58-55-52-49-46-43-30-27-24-21-18-15-12-9-6-3)78-72(75)66-63-60-57-54-51-48-45-42-39-32-29-26-23-20-17-14-11-8-5-2/h22,25-26,29-31,33,35-36,43,69H,4-21,23-24,27-28,32,34,37-42,44-68H2,1-3H3/b25-22-,29-26-,33-31-,36-35-,43-30-. The minimum atomic E-state index is -0.781. The molecule has 0 aromatic heterocycles. The van der Waals surface area contributed by atoms with Gasteiger partial charge in [-0.2, -0.15) is 0 Å². The number of esters is 3. The first kappa shape index (κ1) is 75.1. The molecular weight excluding hydrogens is 961 g/mol. The second-order valence-electron chi connectivity index (χ2n) is 23.1. The van der Waals surface area contributed by atoms with Crippen LogP contribution in [0.5, 0.6) is 0 Å². The molecule has 0 aromatic carbocycles. The largest absolute Gasteiger partial charge is 0.462 e. The number of carbonyl (C=O) groups is 3. The molecule has 0 saturated carbocycles. The molecule has 0 aliphatic rings. The van der Waals surface area contributed by atoms with Crippen molar-refractivity contribution in [2.45, 2.75) is 367 Å². The maximum Gasteiger partial charge on any atom is 0.306 e.